The van der Waals surface area contributed by atoms with Gasteiger partial charge in [0.2, 0.25) is 0 Å². The molecular weight excluding hydrogens is 162 g/mol. The first-order valence-electron chi connectivity index (χ1n) is 3.44. The van der Waals surface area contributed by atoms with E-state index in [2.05, 4.69) is 0 Å². The summed E-state index contributed by atoms with van der Waals surface area (Å²) in [6, 6.07) is 0. The third-order valence-electron chi connectivity index (χ3n) is 2.09. The van der Waals surface area contributed by atoms with Crippen molar-refractivity contribution in [3.63, 3.8) is 0 Å². The summed E-state index contributed by atoms with van der Waals surface area (Å²) in [5.74, 6) is 0.0526. The fourth-order valence-electron chi connectivity index (χ4n) is 1.14. The predicted octanol–water partition coefficient (Wildman–Crippen LogP) is 0.251. The molecule has 1 heterocycles. The number of hydrogen-bond acceptors (Lipinski definition) is 3. The summed E-state index contributed by atoms with van der Waals surface area (Å²) in [6.07, 6.45) is 2.26. The Hall–Kier alpha value is -0.350. The van der Waals surface area contributed by atoms with Crippen LogP contribution in [0, 0.1) is 0 Å². The minimum absolute atomic E-state index is 0.0225. The summed E-state index contributed by atoms with van der Waals surface area (Å²) < 4.78 is -0.0779. The molecule has 0 N–H and O–H groups in total. The van der Waals surface area contributed by atoms with E-state index in [0.29, 0.717) is 6.42 Å². The summed E-state index contributed by atoms with van der Waals surface area (Å²) in [7, 11) is 3.31. The smallest absolute Gasteiger partial charge is 0.230 e. The fourth-order valence-corrected chi connectivity index (χ4v) is 1.92. The maximum absolute atomic E-state index is 11.4. The van der Waals surface area contributed by atoms with E-state index in [1.165, 1.54) is 11.8 Å². The van der Waals surface area contributed by atoms with E-state index >= 15 is 0 Å². The first kappa shape index (κ1) is 8.74. The highest BCUT2D eigenvalue weighted by Crippen LogP contribution is 2.26. The van der Waals surface area contributed by atoms with Crippen molar-refractivity contribution in [2.24, 2.45) is 0 Å². The lowest BCUT2D eigenvalue weighted by Crippen LogP contribution is -2.45. The van der Waals surface area contributed by atoms with E-state index in [1.807, 2.05) is 6.26 Å². The molecule has 0 aliphatic carbocycles. The number of imide groups is 1. The zero-order chi connectivity index (χ0) is 8.65. The molecule has 1 atom stereocenters. The van der Waals surface area contributed by atoms with Gasteiger partial charge >= 0.3 is 11.8 Å². The number of carbonyl (C=O) groups excluding carboxylic acids is 2. The molecule has 0 aromatic carbocycles. The van der Waals surface area contributed by atoms with Gasteiger partial charge in [-0.05, 0) is 6.26 Å². The van der Waals surface area contributed by atoms with Crippen molar-refractivity contribution >= 4 is 23.6 Å². The molecule has 0 aromatic rings. The summed E-state index contributed by atoms with van der Waals surface area (Å²) in [5.41, 5.74) is 0. The molecule has 2 amide bonds. The fraction of sp³-hybridized carbons (Fsp3) is 0.714. The topological polar surface area (TPSA) is 34.1 Å². The Morgan fingerprint density at radius 3 is 2.18 bits per heavy atom. The van der Waals surface area contributed by atoms with Crippen LogP contribution in [-0.4, -0.2) is 41.9 Å². The first-order valence-corrected chi connectivity index (χ1v) is 4.73. The van der Waals surface area contributed by atoms with Crippen molar-refractivity contribution in [2.45, 2.75) is 11.7 Å². The molecule has 1 unspecified atom stereocenters. The van der Waals surface area contributed by atoms with E-state index in [1.54, 1.807) is 14.1 Å². The molecule has 1 fully saturated rings. The van der Waals surface area contributed by atoms with E-state index in [4.69, 9.17) is 0 Å². The molecular formula is C7H12NO2S+. The molecule has 1 aliphatic heterocycles. The lowest BCUT2D eigenvalue weighted by Gasteiger charge is -2.16. The minimum atomic E-state index is -0.113. The summed E-state index contributed by atoms with van der Waals surface area (Å²) in [5, 5.41) is -0.113. The van der Waals surface area contributed by atoms with Gasteiger partial charge in [0.1, 0.15) is 5.25 Å². The highest BCUT2D eigenvalue weighted by molar-refractivity contribution is 7.99. The largest absolute Gasteiger partial charge is 0.334 e. The van der Waals surface area contributed by atoms with Crippen LogP contribution < -0.4 is 0 Å². The number of hydrogen-bond donors (Lipinski definition) is 0. The quantitative estimate of drug-likeness (QED) is 0.422. The molecule has 4 heteroatoms. The van der Waals surface area contributed by atoms with Gasteiger partial charge in [0.15, 0.2) is 0 Å². The Kier molecular flexibility index (Phi) is 2.07. The van der Waals surface area contributed by atoms with Gasteiger partial charge in [-0.1, -0.05) is 0 Å². The summed E-state index contributed by atoms with van der Waals surface area (Å²) in [6.45, 7) is 0. The molecule has 0 spiro atoms. The SMILES string of the molecule is CSC1CC(=O)[N+](C)(C)C1=O. The predicted molar refractivity (Wildman–Crippen MR) is 44.0 cm³/mol. The lowest BCUT2D eigenvalue weighted by atomic mass is 10.4. The van der Waals surface area contributed by atoms with Crippen LogP contribution in [0.3, 0.4) is 0 Å². The van der Waals surface area contributed by atoms with Crippen LogP contribution in [0.4, 0.5) is 0 Å². The van der Waals surface area contributed by atoms with Crippen LogP contribution >= 0.6 is 11.8 Å². The van der Waals surface area contributed by atoms with Gasteiger partial charge in [-0.15, -0.1) is 11.8 Å². The van der Waals surface area contributed by atoms with Crippen molar-refractivity contribution < 1.29 is 14.1 Å². The lowest BCUT2D eigenvalue weighted by molar-refractivity contribution is -0.728. The summed E-state index contributed by atoms with van der Waals surface area (Å²) in [4.78, 5) is 22.6. The minimum Gasteiger partial charge on any atom is -0.230 e. The van der Waals surface area contributed by atoms with Crippen LogP contribution in [0.5, 0.6) is 0 Å². The van der Waals surface area contributed by atoms with Crippen LogP contribution in [0.15, 0.2) is 0 Å². The molecule has 0 bridgehead atoms. The monoisotopic (exact) mass is 174 g/mol. The molecule has 3 nitrogen and oxygen atoms in total. The molecule has 11 heavy (non-hydrogen) atoms. The highest BCUT2D eigenvalue weighted by atomic mass is 32.2. The maximum atomic E-state index is 11.4. The zero-order valence-electron chi connectivity index (χ0n) is 6.96. The molecule has 0 aromatic heterocycles. The van der Waals surface area contributed by atoms with Gasteiger partial charge in [0.05, 0.1) is 20.5 Å². The van der Waals surface area contributed by atoms with Gasteiger partial charge in [0, 0.05) is 0 Å². The standard InChI is InChI=1S/C7H12NO2S/c1-8(2)6(9)4-5(11-3)7(8)10/h5H,4H2,1-3H3/q+1. The number of rotatable bonds is 1. The van der Waals surface area contributed by atoms with E-state index < -0.39 is 0 Å². The normalized spacial score (nSPS) is 29.5. The van der Waals surface area contributed by atoms with E-state index in [0.717, 1.165) is 0 Å². The summed E-state index contributed by atoms with van der Waals surface area (Å²) >= 11 is 1.46. The van der Waals surface area contributed by atoms with Crippen molar-refractivity contribution in [1.82, 2.24) is 0 Å². The van der Waals surface area contributed by atoms with Crippen LogP contribution in [0.25, 0.3) is 0 Å². The number of likely N-dealkylation sites (tertiary alicyclic amines) is 1. The number of amides is 2. The van der Waals surface area contributed by atoms with Crippen molar-refractivity contribution in [1.29, 1.82) is 0 Å². The third kappa shape index (κ3) is 1.20. The number of quaternary nitrogens is 1. The van der Waals surface area contributed by atoms with Crippen molar-refractivity contribution in [2.75, 3.05) is 20.4 Å². The van der Waals surface area contributed by atoms with Gasteiger partial charge in [-0.2, -0.15) is 0 Å². The van der Waals surface area contributed by atoms with Gasteiger partial charge in [-0.25, -0.2) is 14.1 Å². The molecule has 1 rings (SSSR count). The Bertz CT molecular complexity index is 212. The number of nitrogens with zero attached hydrogens (tertiary/aromatic N) is 1. The Labute approximate surface area is 70.3 Å². The third-order valence-corrected chi connectivity index (χ3v) is 3.03. The second kappa shape index (κ2) is 2.60. The average Bonchev–Trinajstić information content (AvgIpc) is 2.14. The average molecular weight is 174 g/mol. The second-order valence-electron chi connectivity index (χ2n) is 3.11. The number of thioether (sulfide) groups is 1. The Balaban J connectivity index is 2.89. The second-order valence-corrected chi connectivity index (χ2v) is 4.15. The van der Waals surface area contributed by atoms with Gasteiger partial charge in [0.25, 0.3) is 0 Å². The molecule has 0 saturated carbocycles. The van der Waals surface area contributed by atoms with Crippen LogP contribution in [-0.2, 0) is 9.59 Å². The Morgan fingerprint density at radius 2 is 2.00 bits per heavy atom. The highest BCUT2D eigenvalue weighted by Gasteiger charge is 2.49. The van der Waals surface area contributed by atoms with Gasteiger partial charge in [-0.3, -0.25) is 0 Å². The molecule has 62 valence electrons. The number of carbonyl (C=O) groups is 2. The van der Waals surface area contributed by atoms with Crippen molar-refractivity contribution in [3.05, 3.63) is 0 Å². The first-order chi connectivity index (χ1) is 5.00. The van der Waals surface area contributed by atoms with E-state index in [9.17, 15) is 9.59 Å². The van der Waals surface area contributed by atoms with Crippen LogP contribution in [0.2, 0.25) is 0 Å². The van der Waals surface area contributed by atoms with E-state index in [-0.39, 0.29) is 21.5 Å². The Morgan fingerprint density at radius 1 is 1.45 bits per heavy atom. The molecule has 1 aliphatic rings. The maximum Gasteiger partial charge on any atom is 0.334 e. The van der Waals surface area contributed by atoms with Crippen molar-refractivity contribution in [3.8, 4) is 0 Å². The zero-order valence-corrected chi connectivity index (χ0v) is 7.77. The van der Waals surface area contributed by atoms with Gasteiger partial charge < -0.3 is 0 Å². The molecule has 1 saturated heterocycles. The molecule has 0 radical (unpaired) electrons. The van der Waals surface area contributed by atoms with Crippen LogP contribution in [0.1, 0.15) is 6.42 Å².